The number of rotatable bonds is 7. The Hall–Kier alpha value is -3.01. The van der Waals surface area contributed by atoms with Gasteiger partial charge in [0.2, 0.25) is 5.91 Å². The Morgan fingerprint density at radius 2 is 1.71 bits per heavy atom. The second-order valence-corrected chi connectivity index (χ2v) is 10.4. The van der Waals surface area contributed by atoms with Crippen LogP contribution in [0.5, 0.6) is 0 Å². The van der Waals surface area contributed by atoms with Crippen molar-refractivity contribution in [1.29, 1.82) is 0 Å². The lowest BCUT2D eigenvalue weighted by Gasteiger charge is -2.11. The third-order valence-electron chi connectivity index (χ3n) is 4.79. The maximum atomic E-state index is 13.8. The predicted molar refractivity (Wildman–Crippen MR) is 140 cm³/mol. The monoisotopic (exact) mass is 555 g/mol. The average molecular weight is 556 g/mol. The Morgan fingerprint density at radius 3 is 2.41 bits per heavy atom. The molecule has 34 heavy (non-hydrogen) atoms. The van der Waals surface area contributed by atoms with Gasteiger partial charge in [-0.1, -0.05) is 40.2 Å². The van der Waals surface area contributed by atoms with E-state index >= 15 is 0 Å². The van der Waals surface area contributed by atoms with Crippen molar-refractivity contribution in [3.8, 4) is 11.3 Å². The van der Waals surface area contributed by atoms with Crippen molar-refractivity contribution >= 4 is 61.7 Å². The average Bonchev–Trinajstić information content (AvgIpc) is 3.29. The van der Waals surface area contributed by atoms with E-state index in [4.69, 9.17) is 0 Å². The molecule has 2 amide bonds. The van der Waals surface area contributed by atoms with Gasteiger partial charge in [0.25, 0.3) is 5.91 Å². The van der Waals surface area contributed by atoms with E-state index in [9.17, 15) is 14.0 Å². The zero-order valence-corrected chi connectivity index (χ0v) is 21.1. The Bertz CT molecular complexity index is 1310. The lowest BCUT2D eigenvalue weighted by Crippen LogP contribution is -2.22. The van der Waals surface area contributed by atoms with Crippen LogP contribution in [0.15, 0.2) is 87.5 Å². The van der Waals surface area contributed by atoms with Crippen LogP contribution >= 0.6 is 39.0 Å². The first kappa shape index (κ1) is 24.1. The summed E-state index contributed by atoms with van der Waals surface area (Å²) >= 11 is 6.18. The van der Waals surface area contributed by atoms with E-state index in [0.29, 0.717) is 10.8 Å². The number of carbonyl (C=O) groups excluding carboxylic acids is 2. The lowest BCUT2D eigenvalue weighted by atomic mass is 10.2. The summed E-state index contributed by atoms with van der Waals surface area (Å²) in [4.78, 5) is 30.3. The number of aromatic nitrogens is 1. The summed E-state index contributed by atoms with van der Waals surface area (Å²) in [6, 6.07) is 20.7. The molecule has 0 saturated carbocycles. The molecule has 1 atom stereocenters. The van der Waals surface area contributed by atoms with E-state index in [1.165, 1.54) is 41.3 Å². The number of hydrogen-bond donors (Lipinski definition) is 2. The van der Waals surface area contributed by atoms with Gasteiger partial charge < -0.3 is 10.6 Å². The summed E-state index contributed by atoms with van der Waals surface area (Å²) in [7, 11) is 0. The van der Waals surface area contributed by atoms with Crippen molar-refractivity contribution < 1.29 is 14.0 Å². The molecule has 0 bridgehead atoms. The van der Waals surface area contributed by atoms with Crippen molar-refractivity contribution in [2.45, 2.75) is 17.1 Å². The van der Waals surface area contributed by atoms with Crippen LogP contribution in [0.2, 0.25) is 0 Å². The first-order valence-corrected chi connectivity index (χ1v) is 12.8. The maximum Gasteiger partial charge on any atom is 0.258 e. The van der Waals surface area contributed by atoms with Crippen molar-refractivity contribution in [2.75, 3.05) is 10.6 Å². The molecule has 4 aromatic rings. The number of nitrogens with zero attached hydrogens (tertiary/aromatic N) is 1. The minimum Gasteiger partial charge on any atom is -0.322 e. The van der Waals surface area contributed by atoms with Crippen LogP contribution in [0.3, 0.4) is 0 Å². The van der Waals surface area contributed by atoms with E-state index in [0.717, 1.165) is 20.6 Å². The second-order valence-electron chi connectivity index (χ2n) is 7.25. The molecular weight excluding hydrogens is 537 g/mol. The molecule has 0 aliphatic rings. The fraction of sp³-hybridized carbons (Fsp3) is 0.0800. The van der Waals surface area contributed by atoms with Gasteiger partial charge in [-0.15, -0.1) is 23.1 Å². The van der Waals surface area contributed by atoms with Crippen LogP contribution < -0.4 is 10.6 Å². The summed E-state index contributed by atoms with van der Waals surface area (Å²) < 4.78 is 14.8. The molecule has 9 heteroatoms. The largest absolute Gasteiger partial charge is 0.322 e. The highest BCUT2D eigenvalue weighted by Gasteiger charge is 2.17. The normalized spacial score (nSPS) is 11.6. The van der Waals surface area contributed by atoms with Crippen LogP contribution in [-0.2, 0) is 4.79 Å². The minimum absolute atomic E-state index is 0.0169. The van der Waals surface area contributed by atoms with Crippen molar-refractivity contribution in [3.05, 3.63) is 94.0 Å². The number of nitrogens with one attached hydrogen (secondary N) is 2. The zero-order chi connectivity index (χ0) is 24.1. The second kappa shape index (κ2) is 10.9. The first-order chi connectivity index (χ1) is 16.4. The fourth-order valence-corrected chi connectivity index (χ4v) is 4.86. The number of benzene rings is 3. The van der Waals surface area contributed by atoms with Gasteiger partial charge >= 0.3 is 0 Å². The first-order valence-electron chi connectivity index (χ1n) is 10.2. The van der Waals surface area contributed by atoms with E-state index in [1.54, 1.807) is 30.3 Å². The molecule has 1 aromatic heterocycles. The van der Waals surface area contributed by atoms with Crippen molar-refractivity contribution in [3.63, 3.8) is 0 Å². The van der Waals surface area contributed by atoms with Gasteiger partial charge in [-0.2, -0.15) is 0 Å². The lowest BCUT2D eigenvalue weighted by molar-refractivity contribution is -0.115. The van der Waals surface area contributed by atoms with Gasteiger partial charge in [-0.3, -0.25) is 9.59 Å². The number of anilines is 2. The molecule has 5 nitrogen and oxygen atoms in total. The van der Waals surface area contributed by atoms with Crippen LogP contribution in [0.25, 0.3) is 11.3 Å². The van der Waals surface area contributed by atoms with Crippen LogP contribution in [-0.4, -0.2) is 22.0 Å². The maximum absolute atomic E-state index is 13.8. The Labute approximate surface area is 213 Å². The number of carbonyl (C=O) groups is 2. The van der Waals surface area contributed by atoms with Gasteiger partial charge in [-0.05, 0) is 55.5 Å². The summed E-state index contributed by atoms with van der Waals surface area (Å²) in [5.41, 5.74) is 2.31. The Morgan fingerprint density at radius 1 is 1.00 bits per heavy atom. The zero-order valence-electron chi connectivity index (χ0n) is 17.9. The predicted octanol–water partition coefficient (Wildman–Crippen LogP) is 7.08. The molecule has 4 rings (SSSR count). The topological polar surface area (TPSA) is 71.1 Å². The summed E-state index contributed by atoms with van der Waals surface area (Å²) in [6.07, 6.45) is 0. The number of hydrogen-bond acceptors (Lipinski definition) is 5. The number of thiazole rings is 1. The number of amides is 2. The Balaban J connectivity index is 1.32. The molecule has 1 heterocycles. The van der Waals surface area contributed by atoms with Crippen molar-refractivity contribution in [2.24, 2.45) is 0 Å². The highest BCUT2D eigenvalue weighted by Crippen LogP contribution is 2.29. The van der Waals surface area contributed by atoms with Gasteiger partial charge in [0.05, 0.1) is 16.5 Å². The van der Waals surface area contributed by atoms with Crippen LogP contribution in [0.4, 0.5) is 15.2 Å². The molecule has 3 aromatic carbocycles. The molecule has 0 spiro atoms. The third-order valence-corrected chi connectivity index (χ3v) is 7.19. The van der Waals surface area contributed by atoms with Gasteiger partial charge in [-0.25, -0.2) is 9.37 Å². The summed E-state index contributed by atoms with van der Waals surface area (Å²) in [5, 5.41) is 7.64. The molecule has 2 N–H and O–H groups in total. The molecule has 172 valence electrons. The molecule has 0 fully saturated rings. The van der Waals surface area contributed by atoms with E-state index < -0.39 is 11.7 Å². The fourth-order valence-electron chi connectivity index (χ4n) is 3.01. The molecule has 1 unspecified atom stereocenters. The van der Waals surface area contributed by atoms with Gasteiger partial charge in [0.1, 0.15) is 5.82 Å². The highest BCUT2D eigenvalue weighted by atomic mass is 79.9. The minimum atomic E-state index is -0.573. The third kappa shape index (κ3) is 6.11. The number of thioether (sulfide) groups is 1. The highest BCUT2D eigenvalue weighted by molar-refractivity contribution is 9.10. The standard InChI is InChI=1S/C25H19BrFN3O2S2/c1-15(23(31)30-25-29-22(14-33-25)16-6-8-17(26)9-7-16)34-19-12-10-18(11-13-19)28-24(32)20-4-2-3-5-21(20)27/h2-15H,1H3,(H,28,32)(H,29,30,31). The smallest absolute Gasteiger partial charge is 0.258 e. The molecule has 0 aliphatic carbocycles. The molecule has 0 saturated heterocycles. The van der Waals surface area contributed by atoms with E-state index in [2.05, 4.69) is 31.5 Å². The van der Waals surface area contributed by atoms with Crippen LogP contribution in [0, 0.1) is 5.82 Å². The van der Waals surface area contributed by atoms with E-state index in [1.807, 2.05) is 36.6 Å². The van der Waals surface area contributed by atoms with E-state index in [-0.39, 0.29) is 16.7 Å². The SMILES string of the molecule is CC(Sc1ccc(NC(=O)c2ccccc2F)cc1)C(=O)Nc1nc(-c2ccc(Br)cc2)cs1. The van der Waals surface area contributed by atoms with Gasteiger partial charge in [0.15, 0.2) is 5.13 Å². The van der Waals surface area contributed by atoms with Crippen LogP contribution in [0.1, 0.15) is 17.3 Å². The summed E-state index contributed by atoms with van der Waals surface area (Å²) in [5.74, 6) is -1.24. The Kier molecular flexibility index (Phi) is 7.77. The van der Waals surface area contributed by atoms with Gasteiger partial charge in [0, 0.05) is 26.0 Å². The van der Waals surface area contributed by atoms with Crippen molar-refractivity contribution in [1.82, 2.24) is 4.98 Å². The number of halogens is 2. The molecule has 0 radical (unpaired) electrons. The summed E-state index contributed by atoms with van der Waals surface area (Å²) in [6.45, 7) is 1.82. The quantitative estimate of drug-likeness (QED) is 0.239. The molecule has 0 aliphatic heterocycles. The molecular formula is C25H19BrFN3O2S2.